The van der Waals surface area contributed by atoms with E-state index in [-0.39, 0.29) is 6.61 Å². The van der Waals surface area contributed by atoms with Gasteiger partial charge in [0.15, 0.2) is 0 Å². The second-order valence-corrected chi connectivity index (χ2v) is 5.66. The first-order valence-electron chi connectivity index (χ1n) is 6.68. The van der Waals surface area contributed by atoms with Gasteiger partial charge >= 0.3 is 0 Å². The van der Waals surface area contributed by atoms with Crippen molar-refractivity contribution in [2.45, 2.75) is 13.0 Å². The second kappa shape index (κ2) is 6.06. The minimum Gasteiger partial charge on any atom is -0.396 e. The van der Waals surface area contributed by atoms with Crippen LogP contribution >= 0.6 is 23.2 Å². The molecule has 3 aromatic rings. The Morgan fingerprint density at radius 2 is 1.90 bits per heavy atom. The van der Waals surface area contributed by atoms with E-state index < -0.39 is 0 Å². The topological polar surface area (TPSA) is 38.1 Å². The van der Waals surface area contributed by atoms with Gasteiger partial charge in [0.2, 0.25) is 0 Å². The minimum atomic E-state index is 0.0671. The van der Waals surface area contributed by atoms with E-state index >= 15 is 0 Å². The number of aliphatic hydroxyl groups is 1. The van der Waals surface area contributed by atoms with E-state index in [1.165, 1.54) is 0 Å². The molecular formula is C16H14Cl2N2O. The molecule has 0 spiro atoms. The Balaban J connectivity index is 2.07. The highest BCUT2D eigenvalue weighted by atomic mass is 35.5. The molecule has 0 saturated carbocycles. The van der Waals surface area contributed by atoms with Gasteiger partial charge in [0.1, 0.15) is 5.82 Å². The fourth-order valence-electron chi connectivity index (χ4n) is 2.41. The second-order valence-electron chi connectivity index (χ2n) is 4.81. The number of imidazole rings is 1. The lowest BCUT2D eigenvalue weighted by atomic mass is 10.2. The molecule has 108 valence electrons. The summed E-state index contributed by atoms with van der Waals surface area (Å²) in [7, 11) is 0. The zero-order valence-corrected chi connectivity index (χ0v) is 12.8. The van der Waals surface area contributed by atoms with Crippen LogP contribution in [0.3, 0.4) is 0 Å². The average Bonchev–Trinajstić information content (AvgIpc) is 2.80. The zero-order chi connectivity index (χ0) is 14.8. The number of aliphatic hydroxyl groups excluding tert-OH is 1. The number of rotatable bonds is 4. The fourth-order valence-corrected chi connectivity index (χ4v) is 2.88. The molecule has 0 unspecified atom stereocenters. The molecule has 5 heteroatoms. The summed E-state index contributed by atoms with van der Waals surface area (Å²) in [5.41, 5.74) is 2.93. The van der Waals surface area contributed by atoms with Gasteiger partial charge in [-0.25, -0.2) is 4.98 Å². The molecule has 0 fully saturated rings. The van der Waals surface area contributed by atoms with E-state index in [1.54, 1.807) is 6.07 Å². The van der Waals surface area contributed by atoms with Gasteiger partial charge in [0.05, 0.1) is 24.2 Å². The molecule has 3 nitrogen and oxygen atoms in total. The number of fused-ring (bicyclic) bond motifs is 1. The summed E-state index contributed by atoms with van der Waals surface area (Å²) in [5, 5.41) is 10.5. The van der Waals surface area contributed by atoms with Crippen LogP contribution in [0.4, 0.5) is 0 Å². The first-order chi connectivity index (χ1) is 10.2. The van der Waals surface area contributed by atoms with E-state index in [4.69, 9.17) is 23.2 Å². The number of aromatic nitrogens is 2. The molecule has 0 aliphatic heterocycles. The van der Waals surface area contributed by atoms with Crippen molar-refractivity contribution in [2.24, 2.45) is 0 Å². The van der Waals surface area contributed by atoms with Gasteiger partial charge in [-0.05, 0) is 29.8 Å². The van der Waals surface area contributed by atoms with Crippen molar-refractivity contribution in [3.63, 3.8) is 0 Å². The molecule has 0 aliphatic rings. The summed E-state index contributed by atoms with van der Waals surface area (Å²) < 4.78 is 2.08. The summed E-state index contributed by atoms with van der Waals surface area (Å²) in [5.74, 6) is 0.852. The molecule has 1 N–H and O–H groups in total. The van der Waals surface area contributed by atoms with Gasteiger partial charge in [-0.3, -0.25) is 0 Å². The molecule has 0 atom stereocenters. The highest BCUT2D eigenvalue weighted by Gasteiger charge is 2.12. The van der Waals surface area contributed by atoms with Crippen LogP contribution in [0.2, 0.25) is 10.0 Å². The lowest BCUT2D eigenvalue weighted by Gasteiger charge is -2.10. The molecule has 0 bridgehead atoms. The standard InChI is InChI=1S/C16H14Cl2N2O/c17-12-6-5-11(13(18)9-12)10-20-15-4-2-1-3-14(15)19-16(20)7-8-21/h1-6,9,21H,7-8,10H2. The Kier molecular flexibility index (Phi) is 4.15. The van der Waals surface area contributed by atoms with Crippen LogP contribution in [-0.4, -0.2) is 21.3 Å². The summed E-state index contributed by atoms with van der Waals surface area (Å²) in [4.78, 5) is 4.58. The number of halogens is 2. The Bertz CT molecular complexity index is 783. The molecule has 0 saturated heterocycles. The van der Waals surface area contributed by atoms with Crippen molar-refractivity contribution in [1.82, 2.24) is 9.55 Å². The normalized spacial score (nSPS) is 11.2. The third-order valence-corrected chi connectivity index (χ3v) is 4.00. The van der Waals surface area contributed by atoms with Gasteiger partial charge in [-0.1, -0.05) is 41.4 Å². The van der Waals surface area contributed by atoms with Crippen molar-refractivity contribution < 1.29 is 5.11 Å². The Hall–Kier alpha value is -1.55. The molecule has 0 aliphatic carbocycles. The maximum atomic E-state index is 9.23. The van der Waals surface area contributed by atoms with Gasteiger partial charge in [-0.2, -0.15) is 0 Å². The number of hydrogen-bond donors (Lipinski definition) is 1. The van der Waals surface area contributed by atoms with Gasteiger partial charge in [0.25, 0.3) is 0 Å². The largest absolute Gasteiger partial charge is 0.396 e. The molecule has 21 heavy (non-hydrogen) atoms. The van der Waals surface area contributed by atoms with Crippen molar-refractivity contribution in [3.8, 4) is 0 Å². The molecule has 1 heterocycles. The van der Waals surface area contributed by atoms with Crippen LogP contribution in [0.5, 0.6) is 0 Å². The smallest absolute Gasteiger partial charge is 0.112 e. The third kappa shape index (κ3) is 2.91. The minimum absolute atomic E-state index is 0.0671. The Labute approximate surface area is 132 Å². The van der Waals surface area contributed by atoms with Crippen LogP contribution in [0, 0.1) is 0 Å². The molecule has 3 rings (SSSR count). The van der Waals surface area contributed by atoms with E-state index in [9.17, 15) is 5.11 Å². The summed E-state index contributed by atoms with van der Waals surface area (Å²) in [6.07, 6.45) is 0.514. The quantitative estimate of drug-likeness (QED) is 0.791. The molecule has 1 aromatic heterocycles. The van der Waals surface area contributed by atoms with E-state index in [2.05, 4.69) is 9.55 Å². The predicted octanol–water partition coefficient (Wildman–Crippen LogP) is 3.93. The van der Waals surface area contributed by atoms with Crippen molar-refractivity contribution in [1.29, 1.82) is 0 Å². The maximum absolute atomic E-state index is 9.23. The SMILES string of the molecule is OCCc1nc2ccccc2n1Cc1ccc(Cl)cc1Cl. The highest BCUT2D eigenvalue weighted by Crippen LogP contribution is 2.24. The lowest BCUT2D eigenvalue weighted by Crippen LogP contribution is -2.07. The third-order valence-electron chi connectivity index (χ3n) is 3.41. The van der Waals surface area contributed by atoms with E-state index in [0.29, 0.717) is 23.0 Å². The van der Waals surface area contributed by atoms with Crippen molar-refractivity contribution in [2.75, 3.05) is 6.61 Å². The number of benzene rings is 2. The summed E-state index contributed by atoms with van der Waals surface area (Å²) in [6.45, 7) is 0.670. The molecule has 2 aromatic carbocycles. The predicted molar refractivity (Wildman–Crippen MR) is 86.1 cm³/mol. The number of nitrogens with zero attached hydrogens (tertiary/aromatic N) is 2. The molecular weight excluding hydrogens is 307 g/mol. The number of para-hydroxylation sites is 2. The van der Waals surface area contributed by atoms with Crippen LogP contribution < -0.4 is 0 Å². The Morgan fingerprint density at radius 3 is 2.67 bits per heavy atom. The van der Waals surface area contributed by atoms with Gasteiger partial charge in [0, 0.05) is 16.5 Å². The summed E-state index contributed by atoms with van der Waals surface area (Å²) in [6, 6.07) is 13.4. The number of hydrogen-bond acceptors (Lipinski definition) is 2. The van der Waals surface area contributed by atoms with Crippen LogP contribution in [-0.2, 0) is 13.0 Å². The van der Waals surface area contributed by atoms with Crippen molar-refractivity contribution in [3.05, 3.63) is 63.9 Å². The van der Waals surface area contributed by atoms with Gasteiger partial charge < -0.3 is 9.67 Å². The van der Waals surface area contributed by atoms with Crippen LogP contribution in [0.25, 0.3) is 11.0 Å². The van der Waals surface area contributed by atoms with Gasteiger partial charge in [-0.15, -0.1) is 0 Å². The van der Waals surface area contributed by atoms with Crippen molar-refractivity contribution >= 4 is 34.2 Å². The first kappa shape index (κ1) is 14.4. The summed E-state index contributed by atoms with van der Waals surface area (Å²) >= 11 is 12.2. The van der Waals surface area contributed by atoms with Crippen LogP contribution in [0.15, 0.2) is 42.5 Å². The maximum Gasteiger partial charge on any atom is 0.112 e. The monoisotopic (exact) mass is 320 g/mol. The van der Waals surface area contributed by atoms with Crippen LogP contribution in [0.1, 0.15) is 11.4 Å². The molecule has 0 radical (unpaired) electrons. The lowest BCUT2D eigenvalue weighted by molar-refractivity contribution is 0.295. The fraction of sp³-hybridized carbons (Fsp3) is 0.188. The Morgan fingerprint density at radius 1 is 1.10 bits per heavy atom. The highest BCUT2D eigenvalue weighted by molar-refractivity contribution is 6.35. The first-order valence-corrected chi connectivity index (χ1v) is 7.43. The molecule has 0 amide bonds. The van der Waals surface area contributed by atoms with E-state index in [0.717, 1.165) is 22.4 Å². The zero-order valence-electron chi connectivity index (χ0n) is 11.3. The average molecular weight is 321 g/mol. The van der Waals surface area contributed by atoms with E-state index in [1.807, 2.05) is 36.4 Å².